The Morgan fingerprint density at radius 1 is 1.35 bits per heavy atom. The van der Waals surface area contributed by atoms with E-state index in [1.807, 2.05) is 45.0 Å². The molecule has 1 aromatic rings. The van der Waals surface area contributed by atoms with Gasteiger partial charge < -0.3 is 0 Å². The second-order valence-electron chi connectivity index (χ2n) is 4.31. The highest BCUT2D eigenvalue weighted by Gasteiger charge is 2.30. The number of hydrogen-bond donors (Lipinski definition) is 0. The molecule has 1 aromatic carbocycles. The molecular weight excluding hydrogens is 232 g/mol. The Kier molecular flexibility index (Phi) is 3.52. The van der Waals surface area contributed by atoms with Crippen LogP contribution in [0.1, 0.15) is 19.4 Å². The third kappa shape index (κ3) is 2.52. The van der Waals surface area contributed by atoms with E-state index in [0.29, 0.717) is 5.75 Å². The van der Waals surface area contributed by atoms with Gasteiger partial charge in [0.15, 0.2) is 5.17 Å². The smallest absolute Gasteiger partial charge is 0.243 e. The first-order valence-electron chi connectivity index (χ1n) is 5.69. The maximum absolute atomic E-state index is 11.9. The second kappa shape index (κ2) is 4.92. The molecule has 1 aliphatic rings. The Labute approximate surface area is 106 Å². The molecule has 2 rings (SSSR count). The molecule has 90 valence electrons. The minimum Gasteiger partial charge on any atom is -0.273 e. The maximum atomic E-state index is 11.9. The number of nitrogens with zero attached hydrogens (tertiary/aromatic N) is 2. The van der Waals surface area contributed by atoms with Crippen molar-refractivity contribution in [3.8, 4) is 0 Å². The van der Waals surface area contributed by atoms with Gasteiger partial charge in [0, 0.05) is 6.04 Å². The molecule has 0 bridgehead atoms. The number of carbonyl (C=O) groups is 1. The van der Waals surface area contributed by atoms with Crippen molar-refractivity contribution < 1.29 is 4.79 Å². The topological polar surface area (TPSA) is 32.7 Å². The van der Waals surface area contributed by atoms with Crippen LogP contribution in [-0.4, -0.2) is 22.9 Å². The molecular formula is C13H16N2OS. The van der Waals surface area contributed by atoms with Crippen molar-refractivity contribution in [3.05, 3.63) is 29.8 Å². The van der Waals surface area contributed by atoms with Crippen LogP contribution in [0.5, 0.6) is 0 Å². The fourth-order valence-corrected chi connectivity index (χ4v) is 2.73. The van der Waals surface area contributed by atoms with Crippen LogP contribution in [0.15, 0.2) is 29.3 Å². The lowest BCUT2D eigenvalue weighted by Gasteiger charge is -2.18. The standard InChI is InChI=1S/C13H16N2OS/c1-9(2)14-13-15(12(16)8-17-13)11-7-5-4-6-10(11)3/h4-7,9H,8H2,1-3H3. The lowest BCUT2D eigenvalue weighted by molar-refractivity contribution is -0.115. The summed E-state index contributed by atoms with van der Waals surface area (Å²) in [5, 5.41) is 0.819. The van der Waals surface area contributed by atoms with Gasteiger partial charge in [0.25, 0.3) is 0 Å². The van der Waals surface area contributed by atoms with Crippen LogP contribution < -0.4 is 4.90 Å². The van der Waals surface area contributed by atoms with Gasteiger partial charge in [-0.3, -0.25) is 14.7 Å². The molecule has 1 fully saturated rings. The first kappa shape index (κ1) is 12.2. The number of amides is 1. The quantitative estimate of drug-likeness (QED) is 0.806. The zero-order valence-electron chi connectivity index (χ0n) is 10.3. The number of hydrogen-bond acceptors (Lipinski definition) is 3. The van der Waals surface area contributed by atoms with E-state index in [1.165, 1.54) is 11.8 Å². The van der Waals surface area contributed by atoms with E-state index in [2.05, 4.69) is 4.99 Å². The molecule has 0 unspecified atom stereocenters. The van der Waals surface area contributed by atoms with E-state index >= 15 is 0 Å². The zero-order valence-corrected chi connectivity index (χ0v) is 11.1. The fourth-order valence-electron chi connectivity index (χ4n) is 1.73. The van der Waals surface area contributed by atoms with Gasteiger partial charge >= 0.3 is 0 Å². The molecule has 3 nitrogen and oxygen atoms in total. The summed E-state index contributed by atoms with van der Waals surface area (Å²) in [6, 6.07) is 8.11. The third-order valence-corrected chi connectivity index (χ3v) is 3.43. The van der Waals surface area contributed by atoms with Crippen molar-refractivity contribution in [1.29, 1.82) is 0 Å². The van der Waals surface area contributed by atoms with Crippen molar-refractivity contribution >= 4 is 28.5 Å². The van der Waals surface area contributed by atoms with E-state index < -0.39 is 0 Å². The predicted octanol–water partition coefficient (Wildman–Crippen LogP) is 2.84. The van der Waals surface area contributed by atoms with Gasteiger partial charge in [-0.25, -0.2) is 0 Å². The van der Waals surface area contributed by atoms with Gasteiger partial charge in [0.2, 0.25) is 5.91 Å². The molecule has 1 heterocycles. The first-order valence-corrected chi connectivity index (χ1v) is 6.67. The summed E-state index contributed by atoms with van der Waals surface area (Å²) >= 11 is 1.52. The summed E-state index contributed by atoms with van der Waals surface area (Å²) in [5.41, 5.74) is 2.04. The third-order valence-electron chi connectivity index (χ3n) is 2.49. The van der Waals surface area contributed by atoms with Crippen LogP contribution >= 0.6 is 11.8 Å². The number of benzene rings is 1. The summed E-state index contributed by atoms with van der Waals surface area (Å²) in [7, 11) is 0. The van der Waals surface area contributed by atoms with Crippen LogP contribution in [0.3, 0.4) is 0 Å². The highest BCUT2D eigenvalue weighted by molar-refractivity contribution is 8.15. The summed E-state index contributed by atoms with van der Waals surface area (Å²) in [6.45, 7) is 6.05. The highest BCUT2D eigenvalue weighted by Crippen LogP contribution is 2.29. The molecule has 1 saturated heterocycles. The summed E-state index contributed by atoms with van der Waals surface area (Å²) in [6.07, 6.45) is 0. The Balaban J connectivity index is 2.41. The zero-order chi connectivity index (χ0) is 12.4. The molecule has 0 atom stereocenters. The minimum atomic E-state index is 0.115. The molecule has 1 aliphatic heterocycles. The van der Waals surface area contributed by atoms with Gasteiger partial charge in [-0.2, -0.15) is 0 Å². The fraction of sp³-hybridized carbons (Fsp3) is 0.385. The predicted molar refractivity (Wildman–Crippen MR) is 73.7 cm³/mol. The van der Waals surface area contributed by atoms with Crippen LogP contribution in [0.2, 0.25) is 0 Å². The Morgan fingerprint density at radius 3 is 2.71 bits per heavy atom. The van der Waals surface area contributed by atoms with Gasteiger partial charge in [0.1, 0.15) is 0 Å². The number of anilines is 1. The largest absolute Gasteiger partial charge is 0.273 e. The van der Waals surface area contributed by atoms with Crippen LogP contribution in [-0.2, 0) is 4.79 Å². The van der Waals surface area contributed by atoms with Crippen molar-refractivity contribution in [2.24, 2.45) is 4.99 Å². The molecule has 0 aliphatic carbocycles. The van der Waals surface area contributed by atoms with E-state index in [0.717, 1.165) is 16.4 Å². The average Bonchev–Trinajstić information content (AvgIpc) is 2.60. The number of para-hydroxylation sites is 1. The SMILES string of the molecule is Cc1ccccc1N1C(=O)CSC1=NC(C)C. The lowest BCUT2D eigenvalue weighted by Crippen LogP contribution is -2.30. The summed E-state index contributed by atoms with van der Waals surface area (Å²) in [4.78, 5) is 18.2. The first-order chi connectivity index (χ1) is 8.09. The summed E-state index contributed by atoms with van der Waals surface area (Å²) in [5.74, 6) is 0.601. The molecule has 0 saturated carbocycles. The Bertz CT molecular complexity index is 468. The van der Waals surface area contributed by atoms with E-state index in [-0.39, 0.29) is 11.9 Å². The van der Waals surface area contributed by atoms with E-state index in [9.17, 15) is 4.79 Å². The Hall–Kier alpha value is -1.29. The molecule has 4 heteroatoms. The van der Waals surface area contributed by atoms with Crippen LogP contribution in [0.4, 0.5) is 5.69 Å². The molecule has 0 N–H and O–H groups in total. The van der Waals surface area contributed by atoms with Gasteiger partial charge in [-0.1, -0.05) is 30.0 Å². The molecule has 0 spiro atoms. The van der Waals surface area contributed by atoms with Crippen molar-refractivity contribution in [2.45, 2.75) is 26.8 Å². The molecule has 17 heavy (non-hydrogen) atoms. The molecule has 0 radical (unpaired) electrons. The van der Waals surface area contributed by atoms with Gasteiger partial charge in [-0.05, 0) is 32.4 Å². The number of thioether (sulfide) groups is 1. The molecule has 0 aromatic heterocycles. The highest BCUT2D eigenvalue weighted by atomic mass is 32.2. The number of rotatable bonds is 2. The Morgan fingerprint density at radius 2 is 2.06 bits per heavy atom. The average molecular weight is 248 g/mol. The maximum Gasteiger partial charge on any atom is 0.243 e. The van der Waals surface area contributed by atoms with Crippen LogP contribution in [0, 0.1) is 6.92 Å². The normalized spacial score (nSPS) is 18.5. The van der Waals surface area contributed by atoms with E-state index in [4.69, 9.17) is 0 Å². The second-order valence-corrected chi connectivity index (χ2v) is 5.25. The number of aryl methyl sites for hydroxylation is 1. The van der Waals surface area contributed by atoms with Crippen LogP contribution in [0.25, 0.3) is 0 Å². The van der Waals surface area contributed by atoms with E-state index in [1.54, 1.807) is 4.90 Å². The van der Waals surface area contributed by atoms with Crippen molar-refractivity contribution in [1.82, 2.24) is 0 Å². The lowest BCUT2D eigenvalue weighted by atomic mass is 10.2. The molecule has 1 amide bonds. The van der Waals surface area contributed by atoms with Gasteiger partial charge in [0.05, 0.1) is 11.4 Å². The number of carbonyl (C=O) groups excluding carboxylic acids is 1. The number of aliphatic imine (C=N–C) groups is 1. The van der Waals surface area contributed by atoms with Crippen molar-refractivity contribution in [2.75, 3.05) is 10.7 Å². The van der Waals surface area contributed by atoms with Gasteiger partial charge in [-0.15, -0.1) is 0 Å². The number of amidine groups is 1. The monoisotopic (exact) mass is 248 g/mol. The summed E-state index contributed by atoms with van der Waals surface area (Å²) < 4.78 is 0. The minimum absolute atomic E-state index is 0.115. The van der Waals surface area contributed by atoms with Crippen molar-refractivity contribution in [3.63, 3.8) is 0 Å².